The van der Waals surface area contributed by atoms with Gasteiger partial charge in [-0.25, -0.2) is 9.97 Å². The van der Waals surface area contributed by atoms with Crippen LogP contribution in [0.25, 0.3) is 67.9 Å². The van der Waals surface area contributed by atoms with Gasteiger partial charge in [0.2, 0.25) is 0 Å². The smallest absolute Gasteiger partial charge is 0.0659 e. The van der Waals surface area contributed by atoms with Crippen LogP contribution in [0.2, 0.25) is 0 Å². The maximum atomic E-state index is 4.62. The summed E-state index contributed by atoms with van der Waals surface area (Å²) in [6.07, 6.45) is 8.05. The number of benzene rings is 3. The molecule has 0 unspecified atom stereocenters. The first-order valence-electron chi connectivity index (χ1n) is 12.7. The van der Waals surface area contributed by atoms with E-state index in [2.05, 4.69) is 109 Å². The van der Waals surface area contributed by atoms with Crippen LogP contribution in [0.5, 0.6) is 0 Å². The molecular weight excluding hydrogens is 610 g/mol. The Bertz CT molecular complexity index is 1960. The first kappa shape index (κ1) is 26.1. The van der Waals surface area contributed by atoms with Gasteiger partial charge in [-0.05, 0) is 88.1 Å². The molecule has 6 aromatic rings. The normalized spacial score (nSPS) is 11.7. The SMILES string of the molecule is Brc1c2[c-]cccc2cc2ccccc12.C1=Cc2cc3ccc(cc4ccc(cc5nc(cc1n2)C=C5)[nH]4)[nH]3.[Zn]. The summed E-state index contributed by atoms with van der Waals surface area (Å²) < 4.78 is 1.14. The van der Waals surface area contributed by atoms with Crippen LogP contribution in [0.4, 0.5) is 0 Å². The zero-order valence-electron chi connectivity index (χ0n) is 21.5. The number of hydrogen-bond donors (Lipinski definition) is 2. The first-order chi connectivity index (χ1) is 19.2. The van der Waals surface area contributed by atoms with Gasteiger partial charge in [0.25, 0.3) is 0 Å². The van der Waals surface area contributed by atoms with Crippen molar-refractivity contribution in [1.29, 1.82) is 0 Å². The fourth-order valence-corrected chi connectivity index (χ4v) is 5.53. The number of aromatic amines is 2. The zero-order chi connectivity index (χ0) is 26.2. The van der Waals surface area contributed by atoms with Crippen molar-refractivity contribution in [3.8, 4) is 0 Å². The van der Waals surface area contributed by atoms with E-state index in [1.165, 1.54) is 16.2 Å². The molecule has 5 heterocycles. The Balaban J connectivity index is 0.000000156. The molecule has 188 valence electrons. The first-order valence-corrected chi connectivity index (χ1v) is 13.5. The second-order valence-corrected chi connectivity index (χ2v) is 10.2. The van der Waals surface area contributed by atoms with Gasteiger partial charge >= 0.3 is 0 Å². The Morgan fingerprint density at radius 2 is 1.07 bits per heavy atom. The number of fused-ring (bicyclic) bond motifs is 10. The molecule has 8 rings (SSSR count). The van der Waals surface area contributed by atoms with Crippen molar-refractivity contribution in [3.05, 3.63) is 130 Å². The number of aromatic nitrogens is 4. The molecule has 0 amide bonds. The molecule has 2 aliphatic heterocycles. The zero-order valence-corrected chi connectivity index (χ0v) is 26.1. The predicted molar refractivity (Wildman–Crippen MR) is 167 cm³/mol. The van der Waals surface area contributed by atoms with Gasteiger partial charge in [0.15, 0.2) is 0 Å². The molecule has 0 saturated heterocycles. The van der Waals surface area contributed by atoms with E-state index in [1.807, 2.05) is 54.6 Å². The monoisotopic (exact) mass is 629 g/mol. The van der Waals surface area contributed by atoms with Gasteiger partial charge in [0.1, 0.15) is 0 Å². The predicted octanol–water partition coefficient (Wildman–Crippen LogP) is 9.21. The quantitative estimate of drug-likeness (QED) is 0.0996. The van der Waals surface area contributed by atoms with Crippen LogP contribution in [0.1, 0.15) is 22.8 Å². The molecule has 4 nitrogen and oxygen atoms in total. The van der Waals surface area contributed by atoms with E-state index in [0.29, 0.717) is 0 Å². The van der Waals surface area contributed by atoms with E-state index in [-0.39, 0.29) is 19.5 Å². The number of H-pyrrole nitrogens is 2. The molecule has 6 heteroatoms. The average molecular weight is 632 g/mol. The van der Waals surface area contributed by atoms with Gasteiger partial charge in [-0.1, -0.05) is 30.3 Å². The summed E-state index contributed by atoms with van der Waals surface area (Å²) in [5.41, 5.74) is 7.86. The number of nitrogens with zero attached hydrogens (tertiary/aromatic N) is 2. The molecule has 3 aromatic carbocycles. The molecule has 2 aliphatic rings. The maximum absolute atomic E-state index is 4.62. The van der Waals surface area contributed by atoms with Crippen LogP contribution < -0.4 is 0 Å². The summed E-state index contributed by atoms with van der Waals surface area (Å²) >= 11 is 3.65. The Labute approximate surface area is 252 Å². The third-order valence-corrected chi connectivity index (χ3v) is 7.48. The van der Waals surface area contributed by atoms with Crippen molar-refractivity contribution in [3.63, 3.8) is 0 Å². The second-order valence-electron chi connectivity index (χ2n) is 9.45. The molecule has 3 aromatic heterocycles. The Morgan fingerprint density at radius 3 is 1.70 bits per heavy atom. The summed E-state index contributed by atoms with van der Waals surface area (Å²) in [4.78, 5) is 16.0. The average Bonchev–Trinajstić information content (AvgIpc) is 3.76. The maximum Gasteiger partial charge on any atom is 0.0659 e. The third-order valence-electron chi connectivity index (χ3n) is 6.66. The van der Waals surface area contributed by atoms with Gasteiger partial charge in [-0.3, -0.25) is 0 Å². The van der Waals surface area contributed by atoms with E-state index >= 15 is 0 Å². The molecular formula is C34H22BrN4Zn-. The number of nitrogens with one attached hydrogen (secondary N) is 2. The summed E-state index contributed by atoms with van der Waals surface area (Å²) in [5.74, 6) is 0. The molecule has 40 heavy (non-hydrogen) atoms. The molecule has 0 aliphatic carbocycles. The van der Waals surface area contributed by atoms with E-state index in [9.17, 15) is 0 Å². The number of hydrogen-bond acceptors (Lipinski definition) is 2. The molecule has 2 N–H and O–H groups in total. The van der Waals surface area contributed by atoms with Crippen molar-refractivity contribution in [2.45, 2.75) is 0 Å². The molecule has 0 atom stereocenters. The van der Waals surface area contributed by atoms with E-state index in [4.69, 9.17) is 0 Å². The van der Waals surface area contributed by atoms with Gasteiger partial charge in [0.05, 0.1) is 22.8 Å². The Hall–Kier alpha value is -4.12. The van der Waals surface area contributed by atoms with Gasteiger partial charge in [-0.2, -0.15) is 0 Å². The fourth-order valence-electron chi connectivity index (χ4n) is 4.83. The van der Waals surface area contributed by atoms with Gasteiger partial charge in [-0.15, -0.1) is 51.0 Å². The minimum Gasteiger partial charge on any atom is -0.355 e. The van der Waals surface area contributed by atoms with Crippen molar-refractivity contribution in [2.75, 3.05) is 0 Å². The van der Waals surface area contributed by atoms with Crippen LogP contribution in [0.15, 0.2) is 102 Å². The summed E-state index contributed by atoms with van der Waals surface area (Å²) in [5, 5.41) is 4.88. The van der Waals surface area contributed by atoms with Crippen molar-refractivity contribution in [2.24, 2.45) is 0 Å². The summed E-state index contributed by atoms with van der Waals surface area (Å²) in [6, 6.07) is 36.3. The van der Waals surface area contributed by atoms with Gasteiger partial charge < -0.3 is 9.97 Å². The van der Waals surface area contributed by atoms with Crippen LogP contribution >= 0.6 is 15.9 Å². The minimum atomic E-state index is 0. The Kier molecular flexibility index (Phi) is 7.29. The summed E-state index contributed by atoms with van der Waals surface area (Å²) in [6.45, 7) is 0. The second kappa shape index (κ2) is 11.2. The van der Waals surface area contributed by atoms with E-state index in [1.54, 1.807) is 0 Å². The van der Waals surface area contributed by atoms with Crippen molar-refractivity contribution in [1.82, 2.24) is 19.9 Å². The topological polar surface area (TPSA) is 57.4 Å². The van der Waals surface area contributed by atoms with Crippen LogP contribution in [0.3, 0.4) is 0 Å². The molecule has 0 radical (unpaired) electrons. The van der Waals surface area contributed by atoms with E-state index in [0.717, 1.165) is 54.7 Å². The molecule has 0 fully saturated rings. The van der Waals surface area contributed by atoms with Crippen molar-refractivity contribution < 1.29 is 19.5 Å². The number of rotatable bonds is 0. The fraction of sp³-hybridized carbons (Fsp3) is 0. The van der Waals surface area contributed by atoms with E-state index < -0.39 is 0 Å². The minimum absolute atomic E-state index is 0. The molecule has 0 saturated carbocycles. The van der Waals surface area contributed by atoms with Crippen LogP contribution in [-0.4, -0.2) is 19.9 Å². The Morgan fingerprint density at radius 1 is 0.550 bits per heavy atom. The molecule has 0 spiro atoms. The summed E-state index contributed by atoms with van der Waals surface area (Å²) in [7, 11) is 0. The van der Waals surface area contributed by atoms with Crippen molar-refractivity contribution >= 4 is 83.8 Å². The molecule has 8 bridgehead atoms. The third kappa shape index (κ3) is 5.46. The largest absolute Gasteiger partial charge is 0.355 e. The van der Waals surface area contributed by atoms with Crippen LogP contribution in [-0.2, 0) is 19.5 Å². The standard InChI is InChI=1S/C20H14N4.C14H8Br.Zn/c1-2-14-10-16-5-6-18(23-16)12-20-8-7-19(24-20)11-17-4-3-15(22-17)9-13(1)21-14;15-14-12-7-3-1-5-10(12)9-11-6-2-4-8-13(11)14;/h1-12,21-22H;1-7,9H;/q;-1;. The van der Waals surface area contributed by atoms with Gasteiger partial charge in [0, 0.05) is 41.5 Å². The number of halogens is 1. The van der Waals surface area contributed by atoms with Crippen LogP contribution in [0, 0.1) is 6.07 Å².